The summed E-state index contributed by atoms with van der Waals surface area (Å²) in [6, 6.07) is 13.3. The van der Waals surface area contributed by atoms with E-state index in [1.165, 1.54) is 18.2 Å². The quantitative estimate of drug-likeness (QED) is 0.162. The minimum Gasteiger partial charge on any atom is -0.493 e. The molecule has 1 amide bonds. The second kappa shape index (κ2) is 13.6. The third kappa shape index (κ3) is 7.75. The molecule has 11 heteroatoms. The van der Waals surface area contributed by atoms with Gasteiger partial charge in [-0.25, -0.2) is 14.8 Å². The summed E-state index contributed by atoms with van der Waals surface area (Å²) in [6.45, 7) is 0.533. The molecule has 0 aliphatic heterocycles. The standard InChI is InChI=1S/C26H28N4O7/c1-33-12-13-36-16-37-26(32)17-4-7-19(8-5-17)29-25(31)20(27)15-24-28-11-10-21(30-24)18-6-9-22(34-2)23(14-18)35-3/h4-11,14-15H,12-13,16,27H2,1-3H3,(H,29,31). The number of nitrogens with two attached hydrogens (primary N) is 1. The van der Waals surface area contributed by atoms with Gasteiger partial charge in [0.15, 0.2) is 24.1 Å². The number of hydrogen-bond acceptors (Lipinski definition) is 10. The molecule has 3 aromatic rings. The van der Waals surface area contributed by atoms with Crippen LogP contribution in [0.2, 0.25) is 0 Å². The van der Waals surface area contributed by atoms with Crippen molar-refractivity contribution >= 4 is 23.6 Å². The maximum absolute atomic E-state index is 12.6. The Morgan fingerprint density at radius 1 is 0.973 bits per heavy atom. The van der Waals surface area contributed by atoms with Crippen molar-refractivity contribution in [2.24, 2.45) is 5.73 Å². The monoisotopic (exact) mass is 508 g/mol. The smallest absolute Gasteiger partial charge is 0.340 e. The fourth-order valence-corrected chi connectivity index (χ4v) is 3.08. The highest BCUT2D eigenvalue weighted by molar-refractivity contribution is 6.05. The zero-order valence-corrected chi connectivity index (χ0v) is 20.7. The number of ether oxygens (including phenoxy) is 5. The fraction of sp³-hybridized carbons (Fsp3) is 0.231. The van der Waals surface area contributed by atoms with E-state index in [-0.39, 0.29) is 18.3 Å². The number of benzene rings is 2. The van der Waals surface area contributed by atoms with Gasteiger partial charge in [0.25, 0.3) is 5.91 Å². The predicted octanol–water partition coefficient (Wildman–Crippen LogP) is 2.88. The Balaban J connectivity index is 1.62. The Kier molecular flexibility index (Phi) is 9.94. The van der Waals surface area contributed by atoms with Gasteiger partial charge in [-0.05, 0) is 48.5 Å². The van der Waals surface area contributed by atoms with E-state index in [4.69, 9.17) is 29.4 Å². The van der Waals surface area contributed by atoms with E-state index in [1.54, 1.807) is 57.9 Å². The average Bonchev–Trinajstić information content (AvgIpc) is 2.92. The molecule has 0 aliphatic carbocycles. The first-order valence-corrected chi connectivity index (χ1v) is 11.1. The van der Waals surface area contributed by atoms with E-state index in [9.17, 15) is 9.59 Å². The van der Waals surface area contributed by atoms with Crippen LogP contribution in [0.25, 0.3) is 17.3 Å². The van der Waals surface area contributed by atoms with Crippen molar-refractivity contribution in [3.05, 3.63) is 71.8 Å². The van der Waals surface area contributed by atoms with Crippen LogP contribution >= 0.6 is 0 Å². The molecule has 1 heterocycles. The number of anilines is 1. The van der Waals surface area contributed by atoms with Crippen molar-refractivity contribution < 1.29 is 33.3 Å². The Hall–Kier alpha value is -4.48. The summed E-state index contributed by atoms with van der Waals surface area (Å²) in [6.07, 6.45) is 2.94. The van der Waals surface area contributed by atoms with Gasteiger partial charge in [-0.3, -0.25) is 4.79 Å². The first-order chi connectivity index (χ1) is 17.9. The summed E-state index contributed by atoms with van der Waals surface area (Å²) in [4.78, 5) is 33.2. The van der Waals surface area contributed by atoms with Crippen LogP contribution in [0.4, 0.5) is 5.69 Å². The van der Waals surface area contributed by atoms with Gasteiger partial charge in [-0.15, -0.1) is 0 Å². The SMILES string of the molecule is COCCOCOC(=O)c1ccc(NC(=O)C(N)=Cc2nccc(-c3ccc(OC)c(OC)c3)n2)cc1. The normalized spacial score (nSPS) is 11.1. The number of esters is 1. The Bertz CT molecular complexity index is 1250. The highest BCUT2D eigenvalue weighted by Crippen LogP contribution is 2.31. The number of amides is 1. The number of carbonyl (C=O) groups is 2. The lowest BCUT2D eigenvalue weighted by Crippen LogP contribution is -2.20. The molecule has 37 heavy (non-hydrogen) atoms. The third-order valence-corrected chi connectivity index (χ3v) is 4.98. The molecule has 2 aromatic carbocycles. The van der Waals surface area contributed by atoms with Crippen LogP contribution in [0, 0.1) is 0 Å². The lowest BCUT2D eigenvalue weighted by molar-refractivity contribution is -0.112. The van der Waals surface area contributed by atoms with Crippen LogP contribution in [0.3, 0.4) is 0 Å². The molecule has 0 fully saturated rings. The van der Waals surface area contributed by atoms with Crippen molar-refractivity contribution in [1.29, 1.82) is 0 Å². The molecule has 0 aliphatic rings. The van der Waals surface area contributed by atoms with Crippen LogP contribution in [0.5, 0.6) is 11.5 Å². The summed E-state index contributed by atoms with van der Waals surface area (Å²) in [7, 11) is 4.66. The maximum Gasteiger partial charge on any atom is 0.340 e. The van der Waals surface area contributed by atoms with Gasteiger partial charge in [0.2, 0.25) is 0 Å². The second-order valence-corrected chi connectivity index (χ2v) is 7.45. The zero-order chi connectivity index (χ0) is 26.6. The number of nitrogens with zero attached hydrogens (tertiary/aromatic N) is 2. The zero-order valence-electron chi connectivity index (χ0n) is 20.7. The summed E-state index contributed by atoms with van der Waals surface area (Å²) >= 11 is 0. The molecule has 0 spiro atoms. The lowest BCUT2D eigenvalue weighted by atomic mass is 10.1. The van der Waals surface area contributed by atoms with E-state index in [0.717, 1.165) is 5.56 Å². The summed E-state index contributed by atoms with van der Waals surface area (Å²) in [5, 5.41) is 2.66. The van der Waals surface area contributed by atoms with Gasteiger partial charge in [-0.2, -0.15) is 0 Å². The fourth-order valence-electron chi connectivity index (χ4n) is 3.08. The van der Waals surface area contributed by atoms with E-state index in [1.807, 2.05) is 6.07 Å². The van der Waals surface area contributed by atoms with Crippen molar-refractivity contribution in [2.75, 3.05) is 46.7 Å². The number of rotatable bonds is 12. The highest BCUT2D eigenvalue weighted by atomic mass is 16.7. The van der Waals surface area contributed by atoms with Crippen LogP contribution < -0.4 is 20.5 Å². The molecule has 3 N–H and O–H groups in total. The minimum absolute atomic E-state index is 0.0962. The highest BCUT2D eigenvalue weighted by Gasteiger charge is 2.11. The summed E-state index contributed by atoms with van der Waals surface area (Å²) in [5.41, 5.74) is 8.01. The Morgan fingerprint density at radius 3 is 2.43 bits per heavy atom. The second-order valence-electron chi connectivity index (χ2n) is 7.45. The number of carbonyl (C=O) groups excluding carboxylic acids is 2. The number of aromatic nitrogens is 2. The Labute approximate surface area is 214 Å². The van der Waals surface area contributed by atoms with E-state index in [0.29, 0.717) is 41.7 Å². The summed E-state index contributed by atoms with van der Waals surface area (Å²) < 4.78 is 25.6. The molecule has 11 nitrogen and oxygen atoms in total. The van der Waals surface area contributed by atoms with Gasteiger partial charge in [0.1, 0.15) is 5.70 Å². The topological polar surface area (TPSA) is 144 Å². The molecular weight excluding hydrogens is 480 g/mol. The van der Waals surface area contributed by atoms with Crippen LogP contribution in [0.1, 0.15) is 16.2 Å². The average molecular weight is 509 g/mol. The summed E-state index contributed by atoms with van der Waals surface area (Å²) in [5.74, 6) is 0.302. The number of hydrogen-bond donors (Lipinski definition) is 2. The largest absolute Gasteiger partial charge is 0.493 e. The Morgan fingerprint density at radius 2 is 1.73 bits per heavy atom. The number of nitrogens with one attached hydrogen (secondary N) is 1. The van der Waals surface area contributed by atoms with Crippen molar-refractivity contribution in [3.63, 3.8) is 0 Å². The van der Waals surface area contributed by atoms with E-state index >= 15 is 0 Å². The molecule has 194 valence electrons. The van der Waals surface area contributed by atoms with Gasteiger partial charge >= 0.3 is 5.97 Å². The van der Waals surface area contributed by atoms with Crippen molar-refractivity contribution in [2.45, 2.75) is 0 Å². The van der Waals surface area contributed by atoms with E-state index in [2.05, 4.69) is 15.3 Å². The molecule has 0 atom stereocenters. The minimum atomic E-state index is -0.554. The van der Waals surface area contributed by atoms with Gasteiger partial charge < -0.3 is 34.7 Å². The van der Waals surface area contributed by atoms with Crippen LogP contribution in [0.15, 0.2) is 60.4 Å². The maximum atomic E-state index is 12.6. The van der Waals surface area contributed by atoms with Gasteiger partial charge in [-0.1, -0.05) is 0 Å². The van der Waals surface area contributed by atoms with Gasteiger partial charge in [0, 0.05) is 30.6 Å². The lowest BCUT2D eigenvalue weighted by Gasteiger charge is -2.09. The number of methoxy groups -OCH3 is 3. The predicted molar refractivity (Wildman–Crippen MR) is 136 cm³/mol. The first-order valence-electron chi connectivity index (χ1n) is 11.1. The van der Waals surface area contributed by atoms with E-state index < -0.39 is 11.9 Å². The molecule has 0 unspecified atom stereocenters. The molecule has 1 aromatic heterocycles. The third-order valence-electron chi connectivity index (χ3n) is 4.98. The molecule has 3 rings (SSSR count). The molecule has 0 radical (unpaired) electrons. The van der Waals surface area contributed by atoms with Crippen molar-refractivity contribution in [1.82, 2.24) is 9.97 Å². The molecule has 0 bridgehead atoms. The molecular formula is C26H28N4O7. The molecule has 0 saturated heterocycles. The van der Waals surface area contributed by atoms with Gasteiger partial charge in [0.05, 0.1) is 38.7 Å². The molecule has 0 saturated carbocycles. The van der Waals surface area contributed by atoms with Crippen molar-refractivity contribution in [3.8, 4) is 22.8 Å². The van der Waals surface area contributed by atoms with Crippen LogP contribution in [-0.2, 0) is 19.0 Å². The first kappa shape index (κ1) is 27.1. The van der Waals surface area contributed by atoms with Crippen LogP contribution in [-0.4, -0.2) is 63.2 Å².